The lowest BCUT2D eigenvalue weighted by Gasteiger charge is -2.06. The van der Waals surface area contributed by atoms with Gasteiger partial charge in [-0.05, 0) is 6.07 Å². The van der Waals surface area contributed by atoms with Gasteiger partial charge in [0.1, 0.15) is 11.4 Å². The van der Waals surface area contributed by atoms with Gasteiger partial charge in [-0.3, -0.25) is 0 Å². The summed E-state index contributed by atoms with van der Waals surface area (Å²) < 4.78 is 25.3. The second-order valence-corrected chi connectivity index (χ2v) is 4.16. The van der Waals surface area contributed by atoms with Crippen LogP contribution in [0.4, 0.5) is 14.5 Å². The number of hydrogen-bond donors (Lipinski definition) is 1. The molecule has 2 N–H and O–H groups in total. The number of nitrogens with two attached hydrogens (primary N) is 1. The second-order valence-electron chi connectivity index (χ2n) is 3.32. The maximum absolute atomic E-state index is 12.6. The fourth-order valence-electron chi connectivity index (χ4n) is 1.27. The minimum atomic E-state index is -2.79. The van der Waals surface area contributed by atoms with Crippen LogP contribution in [0.3, 0.4) is 0 Å². The molecule has 94 valence electrons. The number of pyridine rings is 1. The van der Waals surface area contributed by atoms with Crippen molar-refractivity contribution in [2.24, 2.45) is 0 Å². The molecule has 0 fully saturated rings. The van der Waals surface area contributed by atoms with Crippen molar-refractivity contribution in [3.05, 3.63) is 34.2 Å². The third-order valence-corrected chi connectivity index (χ3v) is 2.57. The van der Waals surface area contributed by atoms with Crippen LogP contribution in [0.5, 0.6) is 0 Å². The standard InChI is InChI=1S/C10H6Cl2F2N4/c11-4-1-5(12)7(16-2-4)10-17-3-6(15)8(18-10)9(13)14/h1-3,9H,15H2. The van der Waals surface area contributed by atoms with Crippen molar-refractivity contribution in [3.63, 3.8) is 0 Å². The minimum absolute atomic E-state index is 0.0267. The number of halogens is 4. The van der Waals surface area contributed by atoms with Gasteiger partial charge in [-0.15, -0.1) is 0 Å². The highest BCUT2D eigenvalue weighted by Gasteiger charge is 2.17. The molecule has 0 aliphatic rings. The van der Waals surface area contributed by atoms with Gasteiger partial charge in [0.05, 0.1) is 21.9 Å². The number of alkyl halides is 2. The summed E-state index contributed by atoms with van der Waals surface area (Å²) in [6, 6.07) is 1.42. The predicted octanol–water partition coefficient (Wildman–Crippen LogP) is 3.37. The fraction of sp³-hybridized carbons (Fsp3) is 0.100. The zero-order chi connectivity index (χ0) is 13.3. The van der Waals surface area contributed by atoms with E-state index < -0.39 is 12.1 Å². The molecule has 0 unspecified atom stereocenters. The van der Waals surface area contributed by atoms with Gasteiger partial charge in [0.25, 0.3) is 6.43 Å². The Labute approximate surface area is 111 Å². The van der Waals surface area contributed by atoms with Crippen LogP contribution in [0.25, 0.3) is 11.5 Å². The van der Waals surface area contributed by atoms with Gasteiger partial charge >= 0.3 is 0 Å². The van der Waals surface area contributed by atoms with Crippen LogP contribution in [-0.2, 0) is 0 Å². The smallest absolute Gasteiger partial charge is 0.282 e. The predicted molar refractivity (Wildman–Crippen MR) is 64.7 cm³/mol. The van der Waals surface area contributed by atoms with Crippen LogP contribution in [0.15, 0.2) is 18.5 Å². The first-order chi connectivity index (χ1) is 8.49. The average molecular weight is 291 g/mol. The summed E-state index contributed by atoms with van der Waals surface area (Å²) in [6.07, 6.45) is -0.376. The van der Waals surface area contributed by atoms with Crippen molar-refractivity contribution >= 4 is 28.9 Å². The van der Waals surface area contributed by atoms with Crippen molar-refractivity contribution in [1.82, 2.24) is 15.0 Å². The zero-order valence-electron chi connectivity index (χ0n) is 8.74. The molecular formula is C10H6Cl2F2N4. The lowest BCUT2D eigenvalue weighted by atomic mass is 10.3. The van der Waals surface area contributed by atoms with Crippen LogP contribution in [-0.4, -0.2) is 15.0 Å². The molecule has 0 spiro atoms. The minimum Gasteiger partial charge on any atom is -0.396 e. The van der Waals surface area contributed by atoms with Gasteiger partial charge < -0.3 is 5.73 Å². The summed E-state index contributed by atoms with van der Waals surface area (Å²) in [5.41, 5.74) is 4.79. The average Bonchev–Trinajstić information content (AvgIpc) is 2.30. The molecule has 2 aromatic rings. The van der Waals surface area contributed by atoms with E-state index in [1.807, 2.05) is 0 Å². The van der Waals surface area contributed by atoms with Crippen molar-refractivity contribution < 1.29 is 8.78 Å². The molecule has 0 aliphatic heterocycles. The number of nitrogens with zero attached hydrogens (tertiary/aromatic N) is 3. The molecule has 0 amide bonds. The molecule has 2 heterocycles. The van der Waals surface area contributed by atoms with E-state index in [1.54, 1.807) is 0 Å². The maximum atomic E-state index is 12.6. The molecule has 2 aromatic heterocycles. The number of hydrogen-bond acceptors (Lipinski definition) is 4. The number of aromatic nitrogens is 3. The van der Waals surface area contributed by atoms with Crippen LogP contribution in [0.1, 0.15) is 12.1 Å². The van der Waals surface area contributed by atoms with Gasteiger partial charge in [0.15, 0.2) is 5.82 Å². The van der Waals surface area contributed by atoms with E-state index in [0.29, 0.717) is 5.02 Å². The molecule has 0 radical (unpaired) electrons. The van der Waals surface area contributed by atoms with Crippen LogP contribution in [0.2, 0.25) is 10.0 Å². The van der Waals surface area contributed by atoms with E-state index in [1.165, 1.54) is 12.3 Å². The first kappa shape index (κ1) is 12.9. The summed E-state index contributed by atoms with van der Waals surface area (Å²) in [6.45, 7) is 0. The Hall–Kier alpha value is -1.53. The molecule has 18 heavy (non-hydrogen) atoms. The van der Waals surface area contributed by atoms with Crippen LogP contribution < -0.4 is 5.73 Å². The highest BCUT2D eigenvalue weighted by molar-refractivity contribution is 6.35. The highest BCUT2D eigenvalue weighted by atomic mass is 35.5. The van der Waals surface area contributed by atoms with Gasteiger partial charge in [0.2, 0.25) is 0 Å². The van der Waals surface area contributed by atoms with Gasteiger partial charge in [-0.25, -0.2) is 23.7 Å². The van der Waals surface area contributed by atoms with E-state index in [9.17, 15) is 8.78 Å². The van der Waals surface area contributed by atoms with E-state index in [0.717, 1.165) is 6.20 Å². The van der Waals surface area contributed by atoms with Gasteiger partial charge in [0, 0.05) is 6.20 Å². The van der Waals surface area contributed by atoms with E-state index in [-0.39, 0.29) is 22.2 Å². The number of anilines is 1. The molecule has 0 aliphatic carbocycles. The summed E-state index contributed by atoms with van der Waals surface area (Å²) in [5.74, 6) is -0.0267. The Balaban J connectivity index is 2.54. The van der Waals surface area contributed by atoms with Crippen molar-refractivity contribution in [2.75, 3.05) is 5.73 Å². The summed E-state index contributed by atoms with van der Waals surface area (Å²) in [7, 11) is 0. The molecular weight excluding hydrogens is 285 g/mol. The summed E-state index contributed by atoms with van der Waals surface area (Å²) >= 11 is 11.6. The molecule has 0 atom stereocenters. The second kappa shape index (κ2) is 4.99. The lowest BCUT2D eigenvalue weighted by Crippen LogP contribution is -2.03. The topological polar surface area (TPSA) is 64.7 Å². The lowest BCUT2D eigenvalue weighted by molar-refractivity contribution is 0.147. The van der Waals surface area contributed by atoms with Gasteiger partial charge in [-0.1, -0.05) is 23.2 Å². The quantitative estimate of drug-likeness (QED) is 0.921. The Morgan fingerprint density at radius 1 is 1.17 bits per heavy atom. The first-order valence-corrected chi connectivity index (χ1v) is 5.46. The Kier molecular flexibility index (Phi) is 3.58. The normalized spacial score (nSPS) is 10.9. The summed E-state index contributed by atoms with van der Waals surface area (Å²) in [5, 5.41) is 0.501. The monoisotopic (exact) mass is 290 g/mol. The number of rotatable bonds is 2. The molecule has 0 saturated heterocycles. The van der Waals surface area contributed by atoms with Crippen LogP contribution in [0, 0.1) is 0 Å². The third-order valence-electron chi connectivity index (χ3n) is 2.07. The first-order valence-electron chi connectivity index (χ1n) is 4.71. The third kappa shape index (κ3) is 2.49. The largest absolute Gasteiger partial charge is 0.396 e. The van der Waals surface area contributed by atoms with Crippen molar-refractivity contribution in [1.29, 1.82) is 0 Å². The van der Waals surface area contributed by atoms with E-state index in [4.69, 9.17) is 28.9 Å². The Morgan fingerprint density at radius 2 is 1.89 bits per heavy atom. The van der Waals surface area contributed by atoms with Crippen molar-refractivity contribution in [2.45, 2.75) is 6.43 Å². The van der Waals surface area contributed by atoms with E-state index in [2.05, 4.69) is 15.0 Å². The SMILES string of the molecule is Nc1cnc(-c2ncc(Cl)cc2Cl)nc1C(F)F. The molecule has 0 saturated carbocycles. The zero-order valence-corrected chi connectivity index (χ0v) is 10.3. The Bertz CT molecular complexity index is 592. The molecule has 0 aromatic carbocycles. The Morgan fingerprint density at radius 3 is 2.50 bits per heavy atom. The van der Waals surface area contributed by atoms with Crippen LogP contribution >= 0.6 is 23.2 Å². The molecule has 0 bridgehead atoms. The molecule has 4 nitrogen and oxygen atoms in total. The molecule has 2 rings (SSSR count). The number of nitrogen functional groups attached to an aromatic ring is 1. The van der Waals surface area contributed by atoms with Gasteiger partial charge in [-0.2, -0.15) is 0 Å². The van der Waals surface area contributed by atoms with E-state index >= 15 is 0 Å². The summed E-state index contributed by atoms with van der Waals surface area (Å²) in [4.78, 5) is 11.4. The fourth-order valence-corrected chi connectivity index (χ4v) is 1.74. The maximum Gasteiger partial charge on any atom is 0.282 e. The molecule has 8 heteroatoms. The highest BCUT2D eigenvalue weighted by Crippen LogP contribution is 2.28. The van der Waals surface area contributed by atoms with Crippen molar-refractivity contribution in [3.8, 4) is 11.5 Å².